The number of aliphatic hydroxyl groups is 1. The van der Waals surface area contributed by atoms with Gasteiger partial charge in [0.1, 0.15) is 6.61 Å². The Morgan fingerprint density at radius 1 is 1.21 bits per heavy atom. The number of benzene rings is 1. The molecule has 4 heteroatoms. The van der Waals surface area contributed by atoms with Gasteiger partial charge in [0.25, 0.3) is 0 Å². The molecule has 0 amide bonds. The minimum atomic E-state index is -0.212. The summed E-state index contributed by atoms with van der Waals surface area (Å²) in [5, 5.41) is 9.13. The first-order chi connectivity index (χ1) is 11.2. The van der Waals surface area contributed by atoms with Gasteiger partial charge in [-0.25, -0.2) is 4.79 Å². The topological polar surface area (TPSA) is 49.8 Å². The predicted octanol–water partition coefficient (Wildman–Crippen LogP) is 4.40. The van der Waals surface area contributed by atoms with E-state index in [1.54, 1.807) is 0 Å². The number of rotatable bonds is 4. The number of fused-ring (bicyclic) bond motifs is 1. The van der Waals surface area contributed by atoms with Gasteiger partial charge in [-0.15, -0.1) is 0 Å². The number of carbonyl (C=O) groups is 1. The maximum Gasteiger partial charge on any atom is 0.338 e. The summed E-state index contributed by atoms with van der Waals surface area (Å²) in [5.41, 5.74) is 2.84. The van der Waals surface area contributed by atoms with Crippen molar-refractivity contribution >= 4 is 11.7 Å². The van der Waals surface area contributed by atoms with Crippen LogP contribution in [-0.2, 0) is 11.3 Å². The summed E-state index contributed by atoms with van der Waals surface area (Å²) in [6.45, 7) is 7.06. The quantitative estimate of drug-likeness (QED) is 0.829. The second-order valence-corrected chi connectivity index (χ2v) is 6.38. The van der Waals surface area contributed by atoms with Gasteiger partial charge in [-0.05, 0) is 37.0 Å². The monoisotopic (exact) mass is 335 g/mol. The molecule has 0 bridgehead atoms. The smallest absolute Gasteiger partial charge is 0.338 e. The van der Waals surface area contributed by atoms with E-state index < -0.39 is 0 Å². The number of carbonyl (C=O) groups excluding carboxylic acids is 1. The Morgan fingerprint density at radius 2 is 1.88 bits per heavy atom. The fourth-order valence-electron chi connectivity index (χ4n) is 3.04. The number of anilines is 1. The van der Waals surface area contributed by atoms with Crippen molar-refractivity contribution in [2.45, 2.75) is 60.0 Å². The molecule has 136 valence electrons. The van der Waals surface area contributed by atoms with Crippen molar-refractivity contribution in [2.24, 2.45) is 5.92 Å². The fraction of sp³-hybridized carbons (Fsp3) is 0.650. The standard InChI is InChI=1S/C14H17NO3.C5H12.CH4/c16-8-10-3-5-15(6-4-10)12-1-2-13-11(7-12)9-18-14(13)17;1-3-5-4-2;/h1-2,7,10,16H,3-6,8-9H2;3-5H2,1-2H3;1H4. The van der Waals surface area contributed by atoms with Crippen LogP contribution in [0.1, 0.15) is 69.3 Å². The molecule has 1 saturated heterocycles. The molecule has 24 heavy (non-hydrogen) atoms. The van der Waals surface area contributed by atoms with Crippen molar-refractivity contribution in [2.75, 3.05) is 24.6 Å². The molecule has 1 N–H and O–H groups in total. The van der Waals surface area contributed by atoms with E-state index >= 15 is 0 Å². The first-order valence-electron chi connectivity index (χ1n) is 8.85. The van der Waals surface area contributed by atoms with Crippen molar-refractivity contribution in [3.05, 3.63) is 29.3 Å². The van der Waals surface area contributed by atoms with E-state index in [0.717, 1.165) is 37.2 Å². The SMILES string of the molecule is C.CCCCC.O=C1OCc2cc(N3CCC(CO)CC3)ccc21. The molecule has 0 aliphatic carbocycles. The number of hydrogen-bond donors (Lipinski definition) is 1. The van der Waals surface area contributed by atoms with E-state index in [9.17, 15) is 4.79 Å². The largest absolute Gasteiger partial charge is 0.457 e. The molecule has 1 fully saturated rings. The minimum absolute atomic E-state index is 0. The van der Waals surface area contributed by atoms with Crippen molar-refractivity contribution < 1.29 is 14.6 Å². The molecule has 0 aromatic heterocycles. The van der Waals surface area contributed by atoms with Crippen LogP contribution in [0, 0.1) is 5.92 Å². The molecule has 3 rings (SSSR count). The van der Waals surface area contributed by atoms with Crippen LogP contribution in [-0.4, -0.2) is 30.8 Å². The van der Waals surface area contributed by atoms with Gasteiger partial charge in [-0.1, -0.05) is 40.5 Å². The number of hydrogen-bond acceptors (Lipinski definition) is 4. The highest BCUT2D eigenvalue weighted by Crippen LogP contribution is 2.28. The van der Waals surface area contributed by atoms with E-state index in [4.69, 9.17) is 9.84 Å². The zero-order chi connectivity index (χ0) is 16.7. The van der Waals surface area contributed by atoms with Crippen LogP contribution in [0.3, 0.4) is 0 Å². The summed E-state index contributed by atoms with van der Waals surface area (Å²) < 4.78 is 5.01. The molecule has 2 aliphatic heterocycles. The lowest BCUT2D eigenvalue weighted by Crippen LogP contribution is -2.34. The highest BCUT2D eigenvalue weighted by molar-refractivity contribution is 5.93. The summed E-state index contributed by atoms with van der Waals surface area (Å²) in [4.78, 5) is 13.7. The maximum atomic E-state index is 11.4. The second kappa shape index (κ2) is 10.3. The Balaban J connectivity index is 0.000000425. The zero-order valence-corrected chi connectivity index (χ0v) is 14.4. The van der Waals surface area contributed by atoms with Gasteiger partial charge in [0.15, 0.2) is 0 Å². The summed E-state index contributed by atoms with van der Waals surface area (Å²) in [7, 11) is 0. The average Bonchev–Trinajstić information content (AvgIpc) is 2.97. The van der Waals surface area contributed by atoms with E-state index in [-0.39, 0.29) is 13.4 Å². The number of aliphatic hydroxyl groups excluding tert-OH is 1. The summed E-state index contributed by atoms with van der Waals surface area (Å²) >= 11 is 0. The van der Waals surface area contributed by atoms with Crippen molar-refractivity contribution in [1.29, 1.82) is 0 Å². The highest BCUT2D eigenvalue weighted by Gasteiger charge is 2.23. The molecule has 1 aromatic rings. The molecule has 2 aliphatic rings. The Bertz CT molecular complexity index is 506. The van der Waals surface area contributed by atoms with Crippen LogP contribution in [0.5, 0.6) is 0 Å². The summed E-state index contributed by atoms with van der Waals surface area (Å²) in [6, 6.07) is 5.91. The third-order valence-corrected chi connectivity index (χ3v) is 4.61. The molecule has 0 unspecified atom stereocenters. The number of nitrogens with zero attached hydrogens (tertiary/aromatic N) is 1. The van der Waals surface area contributed by atoms with Crippen LogP contribution in [0.15, 0.2) is 18.2 Å². The molecular formula is C20H33NO3. The van der Waals surface area contributed by atoms with Gasteiger partial charge in [-0.3, -0.25) is 0 Å². The summed E-state index contributed by atoms with van der Waals surface area (Å²) in [5.74, 6) is 0.233. The molecule has 0 spiro atoms. The van der Waals surface area contributed by atoms with Crippen molar-refractivity contribution in [3.8, 4) is 0 Å². The van der Waals surface area contributed by atoms with E-state index in [1.165, 1.54) is 19.3 Å². The first-order valence-corrected chi connectivity index (χ1v) is 8.85. The predicted molar refractivity (Wildman–Crippen MR) is 99.5 cm³/mol. The van der Waals surface area contributed by atoms with Crippen LogP contribution in [0.25, 0.3) is 0 Å². The van der Waals surface area contributed by atoms with Crippen molar-refractivity contribution in [3.63, 3.8) is 0 Å². The van der Waals surface area contributed by atoms with E-state index in [2.05, 4.69) is 24.8 Å². The lowest BCUT2D eigenvalue weighted by molar-refractivity contribution is 0.0535. The number of cyclic esters (lactones) is 1. The first kappa shape index (κ1) is 20.5. The third-order valence-electron chi connectivity index (χ3n) is 4.61. The van der Waals surface area contributed by atoms with Gasteiger partial charge < -0.3 is 14.7 Å². The average molecular weight is 335 g/mol. The van der Waals surface area contributed by atoms with Gasteiger partial charge in [0, 0.05) is 30.9 Å². The molecule has 4 nitrogen and oxygen atoms in total. The van der Waals surface area contributed by atoms with Gasteiger partial charge >= 0.3 is 5.97 Å². The van der Waals surface area contributed by atoms with Crippen LogP contribution < -0.4 is 4.90 Å². The highest BCUT2D eigenvalue weighted by atomic mass is 16.5. The van der Waals surface area contributed by atoms with Gasteiger partial charge in [0.05, 0.1) is 5.56 Å². The molecule has 0 saturated carbocycles. The van der Waals surface area contributed by atoms with Crippen molar-refractivity contribution in [1.82, 2.24) is 0 Å². The number of esters is 1. The Labute approximate surface area is 146 Å². The lowest BCUT2D eigenvalue weighted by atomic mass is 9.97. The van der Waals surface area contributed by atoms with E-state index in [0.29, 0.717) is 24.7 Å². The molecule has 1 aromatic carbocycles. The molecule has 0 radical (unpaired) electrons. The van der Waals surface area contributed by atoms with Gasteiger partial charge in [0.2, 0.25) is 0 Å². The minimum Gasteiger partial charge on any atom is -0.457 e. The van der Waals surface area contributed by atoms with Crippen LogP contribution >= 0.6 is 0 Å². The van der Waals surface area contributed by atoms with E-state index in [1.807, 2.05) is 12.1 Å². The number of unbranched alkanes of at least 4 members (excludes halogenated alkanes) is 2. The lowest BCUT2D eigenvalue weighted by Gasteiger charge is -2.33. The zero-order valence-electron chi connectivity index (χ0n) is 14.4. The maximum absolute atomic E-state index is 11.4. The summed E-state index contributed by atoms with van der Waals surface area (Å²) in [6.07, 6.45) is 6.14. The van der Waals surface area contributed by atoms with Crippen LogP contribution in [0.4, 0.5) is 5.69 Å². The fourth-order valence-corrected chi connectivity index (χ4v) is 3.04. The Hall–Kier alpha value is -1.55. The second-order valence-electron chi connectivity index (χ2n) is 6.38. The Kier molecular flexibility index (Phi) is 8.83. The number of piperidine rings is 1. The van der Waals surface area contributed by atoms with Gasteiger partial charge in [-0.2, -0.15) is 0 Å². The molecule has 2 heterocycles. The normalized spacial score (nSPS) is 16.6. The third kappa shape index (κ3) is 5.23. The molecule has 0 atom stereocenters. The Morgan fingerprint density at radius 3 is 2.42 bits per heavy atom. The number of ether oxygens (including phenoxy) is 1. The van der Waals surface area contributed by atoms with Crippen LogP contribution in [0.2, 0.25) is 0 Å². The molecular weight excluding hydrogens is 302 g/mol.